The van der Waals surface area contributed by atoms with Gasteiger partial charge in [0, 0.05) is 63.7 Å². The molecule has 0 atom stereocenters. The summed E-state index contributed by atoms with van der Waals surface area (Å²) in [6.45, 7) is 9.88. The SMILES string of the molecule is CC(C)(C)c1cc(-c2ccccc2)c(N2C=CN(c3cccc(Oc4ccc5c6ccccc6n(-c6cc(C7(C)c8ccccc8-c8ccccc87)ccn6)c5c4)c3)C2)c(-c2ccccc2)c1. The summed E-state index contributed by atoms with van der Waals surface area (Å²) in [6, 6.07) is 71.9. The molecule has 1 aliphatic carbocycles. The van der Waals surface area contributed by atoms with Gasteiger partial charge in [-0.25, -0.2) is 4.98 Å². The van der Waals surface area contributed by atoms with Crippen LogP contribution < -0.4 is 14.5 Å². The number of anilines is 2. The number of nitrogens with zero attached hydrogens (tertiary/aromatic N) is 4. The summed E-state index contributed by atoms with van der Waals surface area (Å²) in [5, 5.41) is 2.32. The van der Waals surface area contributed by atoms with Gasteiger partial charge in [-0.3, -0.25) is 4.57 Å². The number of benzene rings is 8. The van der Waals surface area contributed by atoms with Crippen LogP contribution in [0.25, 0.3) is 61.0 Å². The highest BCUT2D eigenvalue weighted by Gasteiger charge is 2.40. The van der Waals surface area contributed by atoms with Gasteiger partial charge < -0.3 is 14.5 Å². The molecule has 12 rings (SSSR count). The van der Waals surface area contributed by atoms with Crippen molar-refractivity contribution in [3.05, 3.63) is 241 Å². The molecule has 3 heterocycles. The van der Waals surface area contributed by atoms with Gasteiger partial charge in [-0.05, 0) is 111 Å². The van der Waals surface area contributed by atoms with Gasteiger partial charge in [0.2, 0.25) is 0 Å². The van der Waals surface area contributed by atoms with Crippen molar-refractivity contribution in [2.24, 2.45) is 0 Å². The molecule has 2 aliphatic rings. The molecule has 324 valence electrons. The van der Waals surface area contributed by atoms with Gasteiger partial charge in [-0.1, -0.05) is 154 Å². The third kappa shape index (κ3) is 6.80. The number of ether oxygens (including phenoxy) is 1. The molecule has 0 N–H and O–H groups in total. The van der Waals surface area contributed by atoms with E-state index in [1.807, 2.05) is 12.3 Å². The summed E-state index contributed by atoms with van der Waals surface area (Å²) in [6.07, 6.45) is 6.35. The van der Waals surface area contributed by atoms with E-state index in [9.17, 15) is 0 Å². The molecule has 8 aromatic carbocycles. The van der Waals surface area contributed by atoms with Gasteiger partial charge in [0.1, 0.15) is 17.3 Å². The standard InChI is InChI=1S/C62H50N4O/c1-61(2,3)45-36-53(42-18-7-5-8-19-42)60(54(37-45)43-20-9-6-10-21-43)65-35-34-64(41-65)46-22-17-23-47(39-46)67-48-30-31-52-51-26-13-16-29-57(51)66(58(52)40-48)59-38-44(32-33-63-59)62(4)55-27-14-11-24-49(55)50-25-12-15-28-56(50)62/h5-40H,41H2,1-4H3. The molecular formula is C62H50N4O. The van der Waals surface area contributed by atoms with Gasteiger partial charge in [-0.2, -0.15) is 0 Å². The predicted octanol–water partition coefficient (Wildman–Crippen LogP) is 15.7. The molecule has 5 nitrogen and oxygen atoms in total. The van der Waals surface area contributed by atoms with Crippen molar-refractivity contribution in [2.45, 2.75) is 38.5 Å². The largest absolute Gasteiger partial charge is 0.457 e. The number of rotatable bonds is 8. The summed E-state index contributed by atoms with van der Waals surface area (Å²) in [4.78, 5) is 9.73. The second kappa shape index (κ2) is 15.8. The van der Waals surface area contributed by atoms with E-state index in [4.69, 9.17) is 9.72 Å². The number of hydrogen-bond donors (Lipinski definition) is 0. The third-order valence-electron chi connectivity index (χ3n) is 14.0. The minimum Gasteiger partial charge on any atom is -0.457 e. The van der Waals surface area contributed by atoms with Crippen molar-refractivity contribution in [1.29, 1.82) is 0 Å². The van der Waals surface area contributed by atoms with Crippen molar-refractivity contribution in [3.8, 4) is 50.7 Å². The Labute approximate surface area is 392 Å². The first kappa shape index (κ1) is 40.4. The van der Waals surface area contributed by atoms with E-state index in [2.05, 4.69) is 249 Å². The first-order chi connectivity index (χ1) is 32.7. The summed E-state index contributed by atoms with van der Waals surface area (Å²) in [7, 11) is 0. The molecule has 0 saturated heterocycles. The second-order valence-electron chi connectivity index (χ2n) is 19.0. The zero-order chi connectivity index (χ0) is 45.3. The van der Waals surface area contributed by atoms with Crippen molar-refractivity contribution in [2.75, 3.05) is 16.5 Å². The molecular weight excluding hydrogens is 817 g/mol. The van der Waals surface area contributed by atoms with Crippen LogP contribution in [0.1, 0.15) is 49.9 Å². The van der Waals surface area contributed by atoms with Gasteiger partial charge in [-0.15, -0.1) is 0 Å². The van der Waals surface area contributed by atoms with E-state index in [0.29, 0.717) is 6.67 Å². The van der Waals surface area contributed by atoms with Gasteiger partial charge >= 0.3 is 0 Å². The van der Waals surface area contributed by atoms with E-state index < -0.39 is 0 Å². The number of fused-ring (bicyclic) bond motifs is 6. The van der Waals surface area contributed by atoms with Gasteiger partial charge in [0.05, 0.1) is 23.4 Å². The van der Waals surface area contributed by atoms with Crippen LogP contribution in [0.5, 0.6) is 11.5 Å². The molecule has 0 radical (unpaired) electrons. The van der Waals surface area contributed by atoms with Crippen molar-refractivity contribution in [1.82, 2.24) is 9.55 Å². The molecule has 0 saturated carbocycles. The number of para-hydroxylation sites is 1. The van der Waals surface area contributed by atoms with E-state index in [1.165, 1.54) is 66.7 Å². The van der Waals surface area contributed by atoms with Crippen molar-refractivity contribution in [3.63, 3.8) is 0 Å². The highest BCUT2D eigenvalue weighted by molar-refractivity contribution is 6.09. The molecule has 2 aromatic heterocycles. The third-order valence-corrected chi connectivity index (χ3v) is 14.0. The predicted molar refractivity (Wildman–Crippen MR) is 278 cm³/mol. The molecule has 0 fully saturated rings. The van der Waals surface area contributed by atoms with Crippen LogP contribution in [0.2, 0.25) is 0 Å². The van der Waals surface area contributed by atoms with Gasteiger partial charge in [0.15, 0.2) is 0 Å². The fourth-order valence-corrected chi connectivity index (χ4v) is 10.5. The first-order valence-corrected chi connectivity index (χ1v) is 23.2. The van der Waals surface area contributed by atoms with Crippen molar-refractivity contribution >= 4 is 33.2 Å². The monoisotopic (exact) mass is 866 g/mol. The molecule has 0 spiro atoms. The van der Waals surface area contributed by atoms with Crippen LogP contribution in [-0.2, 0) is 10.8 Å². The van der Waals surface area contributed by atoms with E-state index in [-0.39, 0.29) is 10.8 Å². The minimum atomic E-state index is -0.338. The summed E-state index contributed by atoms with van der Waals surface area (Å²) >= 11 is 0. The Morgan fingerprint density at radius 2 is 1.10 bits per heavy atom. The maximum atomic E-state index is 6.79. The van der Waals surface area contributed by atoms with Crippen LogP contribution in [0.3, 0.4) is 0 Å². The lowest BCUT2D eigenvalue weighted by Gasteiger charge is -2.29. The van der Waals surface area contributed by atoms with Crippen LogP contribution in [0, 0.1) is 0 Å². The zero-order valence-corrected chi connectivity index (χ0v) is 38.2. The zero-order valence-electron chi connectivity index (χ0n) is 38.2. The summed E-state index contributed by atoms with van der Waals surface area (Å²) < 4.78 is 9.08. The second-order valence-corrected chi connectivity index (χ2v) is 19.0. The highest BCUT2D eigenvalue weighted by atomic mass is 16.5. The molecule has 0 amide bonds. The Bertz CT molecular complexity index is 3440. The lowest BCUT2D eigenvalue weighted by molar-refractivity contribution is 0.483. The average molecular weight is 867 g/mol. The Morgan fingerprint density at radius 1 is 0.507 bits per heavy atom. The minimum absolute atomic E-state index is 0.0312. The van der Waals surface area contributed by atoms with Crippen LogP contribution in [0.4, 0.5) is 11.4 Å². The van der Waals surface area contributed by atoms with Crippen LogP contribution >= 0.6 is 0 Å². The molecule has 5 heteroatoms. The fourth-order valence-electron chi connectivity index (χ4n) is 10.5. The summed E-state index contributed by atoms with van der Waals surface area (Å²) in [5.74, 6) is 2.39. The fraction of sp³-hybridized carbons (Fsp3) is 0.113. The molecule has 0 bridgehead atoms. The Balaban J connectivity index is 0.885. The van der Waals surface area contributed by atoms with Crippen molar-refractivity contribution < 1.29 is 4.74 Å². The Hall–Kier alpha value is -8.15. The Morgan fingerprint density at radius 3 is 1.79 bits per heavy atom. The van der Waals surface area contributed by atoms with E-state index in [0.717, 1.165) is 39.4 Å². The maximum absolute atomic E-state index is 6.79. The first-order valence-electron chi connectivity index (χ1n) is 23.2. The molecule has 67 heavy (non-hydrogen) atoms. The molecule has 0 unspecified atom stereocenters. The van der Waals surface area contributed by atoms with Gasteiger partial charge in [0.25, 0.3) is 0 Å². The van der Waals surface area contributed by atoms with Crippen LogP contribution in [-0.4, -0.2) is 16.2 Å². The Kier molecular flexibility index (Phi) is 9.51. The summed E-state index contributed by atoms with van der Waals surface area (Å²) in [5.41, 5.74) is 16.5. The van der Waals surface area contributed by atoms with E-state index >= 15 is 0 Å². The lowest BCUT2D eigenvalue weighted by Crippen LogP contribution is -2.26. The van der Waals surface area contributed by atoms with Crippen LogP contribution in [0.15, 0.2) is 219 Å². The number of pyridine rings is 1. The topological polar surface area (TPSA) is 33.5 Å². The molecule has 1 aliphatic heterocycles. The number of aromatic nitrogens is 2. The maximum Gasteiger partial charge on any atom is 0.137 e. The lowest BCUT2D eigenvalue weighted by atomic mass is 9.74. The quantitative estimate of drug-likeness (QED) is 0.152. The molecule has 10 aromatic rings. The normalized spacial score (nSPS) is 13.9. The number of hydrogen-bond acceptors (Lipinski definition) is 4. The smallest absolute Gasteiger partial charge is 0.137 e. The average Bonchev–Trinajstić information content (AvgIpc) is 4.06. The highest BCUT2D eigenvalue weighted by Crippen LogP contribution is 2.52. The van der Waals surface area contributed by atoms with E-state index in [1.54, 1.807) is 0 Å².